The maximum Gasteiger partial charge on any atom is 0.246 e. The first-order valence-corrected chi connectivity index (χ1v) is 8.40. The van der Waals surface area contributed by atoms with Gasteiger partial charge in [0.2, 0.25) is 5.91 Å². The van der Waals surface area contributed by atoms with Crippen molar-refractivity contribution in [3.05, 3.63) is 65.2 Å². The highest BCUT2D eigenvalue weighted by Crippen LogP contribution is 2.25. The van der Waals surface area contributed by atoms with Crippen LogP contribution in [-0.2, 0) is 5.75 Å². The first kappa shape index (κ1) is 15.8. The van der Waals surface area contributed by atoms with Gasteiger partial charge in [0, 0.05) is 23.3 Å². The maximum absolute atomic E-state index is 11.8. The summed E-state index contributed by atoms with van der Waals surface area (Å²) in [5.41, 5.74) is 2.00. The Morgan fingerprint density at radius 1 is 1.13 bits per heavy atom. The molecule has 0 aliphatic rings. The molecule has 0 atom stereocenters. The highest BCUT2D eigenvalue weighted by molar-refractivity contribution is 7.98. The van der Waals surface area contributed by atoms with E-state index in [1.54, 1.807) is 12.1 Å². The predicted molar refractivity (Wildman–Crippen MR) is 92.8 cm³/mol. The molecule has 3 aromatic rings. The fraction of sp³-hybridized carbons (Fsp3) is 0.118. The first-order valence-electron chi connectivity index (χ1n) is 7.04. The molecular weight excluding hydrogens is 330 g/mol. The molecule has 4 nitrogen and oxygen atoms in total. The largest absolute Gasteiger partial charge is 0.273 e. The summed E-state index contributed by atoms with van der Waals surface area (Å²) >= 11 is 7.39. The molecule has 2 aromatic carbocycles. The average molecular weight is 344 g/mol. The molecule has 0 aliphatic carbocycles. The van der Waals surface area contributed by atoms with Gasteiger partial charge in [0.05, 0.1) is 0 Å². The minimum atomic E-state index is -0.159. The molecule has 0 aliphatic heterocycles. The number of carbonyl (C=O) groups excluding carboxylic acids is 1. The van der Waals surface area contributed by atoms with Crippen LogP contribution in [0.25, 0.3) is 11.4 Å². The number of hydrogen-bond acceptors (Lipinski definition) is 4. The lowest BCUT2D eigenvalue weighted by molar-refractivity contribution is 0.0909. The number of halogens is 1. The molecule has 0 bridgehead atoms. The number of rotatable bonds is 4. The minimum Gasteiger partial charge on any atom is -0.273 e. The zero-order valence-corrected chi connectivity index (χ0v) is 14.0. The van der Waals surface area contributed by atoms with Crippen molar-refractivity contribution in [3.8, 4) is 11.4 Å². The van der Waals surface area contributed by atoms with E-state index in [9.17, 15) is 4.79 Å². The third-order valence-corrected chi connectivity index (χ3v) is 4.44. The van der Waals surface area contributed by atoms with Crippen LogP contribution < -0.4 is 0 Å². The molecule has 23 heavy (non-hydrogen) atoms. The summed E-state index contributed by atoms with van der Waals surface area (Å²) in [6.07, 6.45) is 0. The van der Waals surface area contributed by atoms with Crippen LogP contribution in [0, 0.1) is 0 Å². The van der Waals surface area contributed by atoms with Crippen molar-refractivity contribution in [2.45, 2.75) is 17.8 Å². The normalized spacial score (nSPS) is 10.7. The maximum atomic E-state index is 11.8. The molecule has 6 heteroatoms. The van der Waals surface area contributed by atoms with E-state index in [-0.39, 0.29) is 5.91 Å². The molecule has 1 heterocycles. The standard InChI is InChI=1S/C17H14ClN3OS/c1-12(22)21-17(23-11-13-5-3-2-4-6-13)19-16(20-21)14-7-9-15(18)10-8-14/h2-10H,11H2,1H3. The van der Waals surface area contributed by atoms with Crippen molar-refractivity contribution >= 4 is 29.3 Å². The van der Waals surface area contributed by atoms with Gasteiger partial charge in [-0.3, -0.25) is 4.79 Å². The number of thioether (sulfide) groups is 1. The highest BCUT2D eigenvalue weighted by Gasteiger charge is 2.15. The molecule has 0 fully saturated rings. The van der Waals surface area contributed by atoms with Crippen LogP contribution in [0.2, 0.25) is 5.02 Å². The summed E-state index contributed by atoms with van der Waals surface area (Å²) in [5, 5.41) is 5.55. The number of carbonyl (C=O) groups is 1. The Labute approximate surface area is 143 Å². The molecule has 0 saturated carbocycles. The van der Waals surface area contributed by atoms with Crippen LogP contribution >= 0.6 is 23.4 Å². The summed E-state index contributed by atoms with van der Waals surface area (Å²) in [7, 11) is 0. The van der Waals surface area contributed by atoms with E-state index in [2.05, 4.69) is 10.1 Å². The van der Waals surface area contributed by atoms with Gasteiger partial charge >= 0.3 is 0 Å². The van der Waals surface area contributed by atoms with Gasteiger partial charge in [-0.05, 0) is 29.8 Å². The van der Waals surface area contributed by atoms with Crippen LogP contribution in [0.5, 0.6) is 0 Å². The zero-order valence-electron chi connectivity index (χ0n) is 12.4. The van der Waals surface area contributed by atoms with Crippen LogP contribution in [0.4, 0.5) is 0 Å². The van der Waals surface area contributed by atoms with Gasteiger partial charge in [-0.25, -0.2) is 4.98 Å². The third-order valence-electron chi connectivity index (χ3n) is 3.19. The number of benzene rings is 2. The van der Waals surface area contributed by atoms with E-state index in [1.165, 1.54) is 28.9 Å². The van der Waals surface area contributed by atoms with E-state index in [1.807, 2.05) is 42.5 Å². The molecule has 1 aromatic heterocycles. The molecule has 3 rings (SSSR count). The van der Waals surface area contributed by atoms with E-state index in [0.717, 1.165) is 11.3 Å². The Hall–Kier alpha value is -2.11. The van der Waals surface area contributed by atoms with E-state index < -0.39 is 0 Å². The van der Waals surface area contributed by atoms with Crippen LogP contribution in [0.15, 0.2) is 59.8 Å². The molecule has 0 unspecified atom stereocenters. The van der Waals surface area contributed by atoms with E-state index in [0.29, 0.717) is 16.0 Å². The molecule has 0 radical (unpaired) electrons. The lowest BCUT2D eigenvalue weighted by atomic mass is 10.2. The molecule has 0 saturated heterocycles. The Morgan fingerprint density at radius 3 is 2.48 bits per heavy atom. The third kappa shape index (κ3) is 3.81. The molecule has 0 N–H and O–H groups in total. The second kappa shape index (κ2) is 6.98. The fourth-order valence-corrected chi connectivity index (χ4v) is 3.10. The van der Waals surface area contributed by atoms with Gasteiger partial charge in [-0.2, -0.15) is 4.68 Å². The predicted octanol–water partition coefficient (Wildman–Crippen LogP) is 4.55. The first-order chi connectivity index (χ1) is 11.1. The van der Waals surface area contributed by atoms with Gasteiger partial charge in [0.15, 0.2) is 11.0 Å². The number of nitrogens with zero attached hydrogens (tertiary/aromatic N) is 3. The summed E-state index contributed by atoms with van der Waals surface area (Å²) in [5.74, 6) is 1.09. The lowest BCUT2D eigenvalue weighted by Gasteiger charge is -2.01. The van der Waals surface area contributed by atoms with Gasteiger partial charge in [0.25, 0.3) is 0 Å². The lowest BCUT2D eigenvalue weighted by Crippen LogP contribution is -2.09. The van der Waals surface area contributed by atoms with Crippen LogP contribution in [-0.4, -0.2) is 20.7 Å². The van der Waals surface area contributed by atoms with Crippen molar-refractivity contribution < 1.29 is 4.79 Å². The Morgan fingerprint density at radius 2 is 1.83 bits per heavy atom. The Kier molecular flexibility index (Phi) is 4.79. The van der Waals surface area contributed by atoms with Gasteiger partial charge in [-0.15, -0.1) is 5.10 Å². The van der Waals surface area contributed by atoms with Crippen molar-refractivity contribution in [2.75, 3.05) is 0 Å². The Balaban J connectivity index is 1.87. The minimum absolute atomic E-state index is 0.159. The molecule has 116 valence electrons. The van der Waals surface area contributed by atoms with Crippen molar-refractivity contribution in [2.24, 2.45) is 0 Å². The van der Waals surface area contributed by atoms with Gasteiger partial charge in [-0.1, -0.05) is 53.7 Å². The van der Waals surface area contributed by atoms with Crippen molar-refractivity contribution in [1.82, 2.24) is 14.8 Å². The quantitative estimate of drug-likeness (QED) is 0.652. The highest BCUT2D eigenvalue weighted by atomic mass is 35.5. The van der Waals surface area contributed by atoms with Crippen molar-refractivity contribution in [1.29, 1.82) is 0 Å². The van der Waals surface area contributed by atoms with Gasteiger partial charge in [0.1, 0.15) is 0 Å². The second-order valence-corrected chi connectivity index (χ2v) is 6.31. The molecule has 0 spiro atoms. The van der Waals surface area contributed by atoms with E-state index in [4.69, 9.17) is 11.6 Å². The average Bonchev–Trinajstić information content (AvgIpc) is 2.99. The zero-order chi connectivity index (χ0) is 16.2. The van der Waals surface area contributed by atoms with Gasteiger partial charge < -0.3 is 0 Å². The monoisotopic (exact) mass is 343 g/mol. The summed E-state index contributed by atoms with van der Waals surface area (Å²) < 4.78 is 1.34. The summed E-state index contributed by atoms with van der Waals surface area (Å²) in [6.45, 7) is 1.48. The molecule has 0 amide bonds. The molecular formula is C17H14ClN3OS. The summed E-state index contributed by atoms with van der Waals surface area (Å²) in [6, 6.07) is 17.3. The topological polar surface area (TPSA) is 47.8 Å². The van der Waals surface area contributed by atoms with E-state index >= 15 is 0 Å². The fourth-order valence-electron chi connectivity index (χ4n) is 2.04. The smallest absolute Gasteiger partial charge is 0.246 e. The Bertz CT molecular complexity index is 816. The van der Waals surface area contributed by atoms with Crippen LogP contribution in [0.1, 0.15) is 17.3 Å². The number of aromatic nitrogens is 3. The SMILES string of the molecule is CC(=O)n1nc(-c2ccc(Cl)cc2)nc1SCc1ccccc1. The van der Waals surface area contributed by atoms with Crippen molar-refractivity contribution in [3.63, 3.8) is 0 Å². The number of hydrogen-bond donors (Lipinski definition) is 0. The summed E-state index contributed by atoms with van der Waals surface area (Å²) in [4.78, 5) is 16.3. The second-order valence-electron chi connectivity index (χ2n) is 4.93. The van der Waals surface area contributed by atoms with Crippen LogP contribution in [0.3, 0.4) is 0 Å².